The molecule has 344 valence electrons. The molecule has 7 heteroatoms. The number of benzene rings is 10. The van der Waals surface area contributed by atoms with Crippen LogP contribution < -0.4 is 0 Å². The zero-order valence-corrected chi connectivity index (χ0v) is 39.8. The molecule has 16 aromatic rings. The molecule has 0 saturated carbocycles. The van der Waals surface area contributed by atoms with Crippen LogP contribution >= 0.6 is 0 Å². The fourth-order valence-electron chi connectivity index (χ4n) is 12.1. The molecule has 0 radical (unpaired) electrons. The highest BCUT2D eigenvalue weighted by Crippen LogP contribution is 2.46. The molecule has 0 atom stereocenters. The summed E-state index contributed by atoms with van der Waals surface area (Å²) >= 11 is 0. The van der Waals surface area contributed by atoms with Crippen molar-refractivity contribution in [1.29, 1.82) is 0 Å². The SMILES string of the molecule is c1ccc(-c2nc3c(-n4c5ccccc5c5ccc6c7ccccc7n(-c7ccccc7)c6c54)cnc(-n4c5ccccc5c5ccc6c7ccccc7n(-c7ccccc7)c6c54)c3nc2-c2ccccc2)cc1. The Balaban J connectivity index is 1.12. The molecule has 0 N–H and O–H groups in total. The van der Waals surface area contributed by atoms with Gasteiger partial charge in [-0.25, -0.2) is 15.0 Å². The lowest BCUT2D eigenvalue weighted by atomic mass is 10.0. The largest absolute Gasteiger partial charge is 0.307 e. The van der Waals surface area contributed by atoms with E-state index in [0.717, 1.165) is 116 Å². The molecule has 74 heavy (non-hydrogen) atoms. The van der Waals surface area contributed by atoms with Crippen molar-refractivity contribution in [3.63, 3.8) is 0 Å². The van der Waals surface area contributed by atoms with Crippen LogP contribution in [0.5, 0.6) is 0 Å². The van der Waals surface area contributed by atoms with Crippen molar-refractivity contribution in [2.45, 2.75) is 0 Å². The third-order valence-electron chi connectivity index (χ3n) is 15.2. The van der Waals surface area contributed by atoms with Crippen LogP contribution in [0.3, 0.4) is 0 Å². The summed E-state index contributed by atoms with van der Waals surface area (Å²) in [6, 6.07) is 86.5. The molecule has 6 heterocycles. The van der Waals surface area contributed by atoms with Gasteiger partial charge < -0.3 is 13.7 Å². The lowest BCUT2D eigenvalue weighted by molar-refractivity contribution is 1.05. The van der Waals surface area contributed by atoms with Gasteiger partial charge in [-0.15, -0.1) is 0 Å². The minimum absolute atomic E-state index is 0.685. The van der Waals surface area contributed by atoms with E-state index in [1.807, 2.05) is 0 Å². The van der Waals surface area contributed by atoms with E-state index in [0.29, 0.717) is 11.3 Å². The van der Waals surface area contributed by atoms with Crippen LogP contribution in [0, 0.1) is 0 Å². The van der Waals surface area contributed by atoms with Gasteiger partial charge in [0, 0.05) is 65.6 Å². The van der Waals surface area contributed by atoms with Crippen molar-refractivity contribution in [2.24, 2.45) is 0 Å². The first kappa shape index (κ1) is 40.6. The predicted molar refractivity (Wildman–Crippen MR) is 306 cm³/mol. The van der Waals surface area contributed by atoms with E-state index < -0.39 is 0 Å². The average Bonchev–Trinajstić information content (AvgIpc) is 4.21. The molecular weight excluding hydrogens is 903 g/mol. The molecule has 0 aliphatic carbocycles. The standard InChI is InChI=1S/C67H41N7/c1-5-21-42(22-6-1)59-60(43-23-7-2-8-24-43)70-62-61(69-59)58(73-56-35-19-15-31-48(56)52-39-37-50-46-29-13-17-33-54(46)71(63(50)65(52)73)44-25-9-3-10-26-44)41-68-67(62)74-57-36-20-16-32-49(57)53-40-38-51-47-30-14-18-34-55(47)72(64(51)66(53)74)45-27-11-4-12-28-45/h1-41H. The maximum Gasteiger partial charge on any atom is 0.166 e. The smallest absolute Gasteiger partial charge is 0.166 e. The fourth-order valence-corrected chi connectivity index (χ4v) is 12.1. The molecule has 0 aliphatic heterocycles. The Kier molecular flexibility index (Phi) is 8.61. The summed E-state index contributed by atoms with van der Waals surface area (Å²) in [7, 11) is 0. The maximum absolute atomic E-state index is 5.94. The van der Waals surface area contributed by atoms with Crippen LogP contribution in [0.4, 0.5) is 0 Å². The van der Waals surface area contributed by atoms with Crippen LogP contribution in [-0.2, 0) is 0 Å². The zero-order chi connectivity index (χ0) is 48.4. The molecule has 0 aliphatic rings. The molecule has 0 unspecified atom stereocenters. The monoisotopic (exact) mass is 943 g/mol. The second-order valence-electron chi connectivity index (χ2n) is 19.1. The van der Waals surface area contributed by atoms with Gasteiger partial charge in [0.1, 0.15) is 11.0 Å². The normalized spacial score (nSPS) is 12.1. The summed E-state index contributed by atoms with van der Waals surface area (Å²) in [6.45, 7) is 0. The van der Waals surface area contributed by atoms with Gasteiger partial charge in [0.05, 0.1) is 67.4 Å². The summed E-state index contributed by atoms with van der Waals surface area (Å²) in [6.07, 6.45) is 2.05. The number of fused-ring (bicyclic) bond motifs is 15. The Bertz CT molecular complexity index is 4620. The number of para-hydroxylation sites is 6. The van der Waals surface area contributed by atoms with Gasteiger partial charge in [0.25, 0.3) is 0 Å². The van der Waals surface area contributed by atoms with Crippen molar-refractivity contribution in [2.75, 3.05) is 0 Å². The lowest BCUT2D eigenvalue weighted by Gasteiger charge is -2.18. The van der Waals surface area contributed by atoms with Crippen LogP contribution in [0.15, 0.2) is 249 Å². The van der Waals surface area contributed by atoms with E-state index in [9.17, 15) is 0 Å². The highest BCUT2D eigenvalue weighted by Gasteiger charge is 2.28. The topological polar surface area (TPSA) is 58.4 Å². The van der Waals surface area contributed by atoms with Crippen LogP contribution in [0.1, 0.15) is 0 Å². The molecule has 0 fully saturated rings. The van der Waals surface area contributed by atoms with Crippen molar-refractivity contribution < 1.29 is 0 Å². The van der Waals surface area contributed by atoms with Gasteiger partial charge in [-0.3, -0.25) is 4.57 Å². The van der Waals surface area contributed by atoms with Crippen LogP contribution in [0.2, 0.25) is 0 Å². The summed E-state index contributed by atoms with van der Waals surface area (Å²) in [5.41, 5.74) is 16.6. The molecule has 7 nitrogen and oxygen atoms in total. The summed E-state index contributed by atoms with van der Waals surface area (Å²) < 4.78 is 9.62. The molecule has 0 amide bonds. The predicted octanol–water partition coefficient (Wildman–Crippen LogP) is 16.7. The second kappa shape index (κ2) is 15.7. The second-order valence-corrected chi connectivity index (χ2v) is 19.1. The Morgan fingerprint density at radius 1 is 0.257 bits per heavy atom. The average molecular weight is 944 g/mol. The van der Waals surface area contributed by atoms with E-state index in [-0.39, 0.29) is 0 Å². The number of pyridine rings is 1. The van der Waals surface area contributed by atoms with E-state index in [4.69, 9.17) is 15.0 Å². The first-order chi connectivity index (χ1) is 36.8. The first-order valence-corrected chi connectivity index (χ1v) is 25.1. The Hall–Kier alpha value is -10.1. The van der Waals surface area contributed by atoms with Crippen LogP contribution in [-0.4, -0.2) is 33.2 Å². The lowest BCUT2D eigenvalue weighted by Crippen LogP contribution is -2.08. The van der Waals surface area contributed by atoms with Crippen molar-refractivity contribution >= 4 is 98.3 Å². The number of nitrogens with zero attached hydrogens (tertiary/aromatic N) is 7. The van der Waals surface area contributed by atoms with Gasteiger partial charge in [-0.2, -0.15) is 0 Å². The number of hydrogen-bond acceptors (Lipinski definition) is 3. The van der Waals surface area contributed by atoms with Crippen molar-refractivity contribution in [3.05, 3.63) is 249 Å². The van der Waals surface area contributed by atoms with Gasteiger partial charge in [0.15, 0.2) is 5.82 Å². The molecular formula is C67H41N7. The zero-order valence-electron chi connectivity index (χ0n) is 39.8. The minimum Gasteiger partial charge on any atom is -0.307 e. The van der Waals surface area contributed by atoms with Gasteiger partial charge >= 0.3 is 0 Å². The summed E-state index contributed by atoms with van der Waals surface area (Å²) in [5, 5.41) is 9.23. The van der Waals surface area contributed by atoms with E-state index in [2.05, 4.69) is 267 Å². The van der Waals surface area contributed by atoms with Gasteiger partial charge in [-0.05, 0) is 48.5 Å². The Morgan fingerprint density at radius 3 is 1.01 bits per heavy atom. The number of aromatic nitrogens is 7. The molecule has 0 bridgehead atoms. The van der Waals surface area contributed by atoms with E-state index >= 15 is 0 Å². The third-order valence-corrected chi connectivity index (χ3v) is 15.2. The third kappa shape index (κ3) is 5.69. The maximum atomic E-state index is 5.94. The minimum atomic E-state index is 0.685. The van der Waals surface area contributed by atoms with Crippen molar-refractivity contribution in [3.8, 4) is 45.4 Å². The molecule has 6 aromatic heterocycles. The fraction of sp³-hybridized carbons (Fsp3) is 0. The first-order valence-electron chi connectivity index (χ1n) is 25.1. The summed E-state index contributed by atoms with van der Waals surface area (Å²) in [4.78, 5) is 17.6. The van der Waals surface area contributed by atoms with E-state index in [1.54, 1.807) is 0 Å². The molecule has 10 aromatic carbocycles. The van der Waals surface area contributed by atoms with Gasteiger partial charge in [0.2, 0.25) is 0 Å². The Morgan fingerprint density at radius 2 is 0.581 bits per heavy atom. The summed E-state index contributed by atoms with van der Waals surface area (Å²) in [5.74, 6) is 0.695. The number of rotatable bonds is 6. The van der Waals surface area contributed by atoms with E-state index in [1.165, 1.54) is 16.2 Å². The van der Waals surface area contributed by atoms with Gasteiger partial charge in [-0.1, -0.05) is 194 Å². The molecule has 16 rings (SSSR count). The quantitative estimate of drug-likeness (QED) is 0.167. The number of hydrogen-bond donors (Lipinski definition) is 0. The highest BCUT2D eigenvalue weighted by molar-refractivity contribution is 6.26. The Labute approximate surface area is 423 Å². The molecule has 0 spiro atoms. The van der Waals surface area contributed by atoms with Crippen molar-refractivity contribution in [1.82, 2.24) is 33.2 Å². The molecule has 0 saturated heterocycles. The highest BCUT2D eigenvalue weighted by atomic mass is 15.1. The van der Waals surface area contributed by atoms with Crippen LogP contribution in [0.25, 0.3) is 144 Å².